The second-order valence-electron chi connectivity index (χ2n) is 3.62. The maximum atomic E-state index is 8.89. The number of aromatic nitrogens is 4. The zero-order chi connectivity index (χ0) is 9.97. The van der Waals surface area contributed by atoms with E-state index in [1.165, 1.54) is 17.6 Å². The lowest BCUT2D eigenvalue weighted by Gasteiger charge is -2.18. The summed E-state index contributed by atoms with van der Waals surface area (Å²) in [7, 11) is 1.75. The SMILES string of the molecule is Cn1nnc(CN(CCO)C2CC2)n1. The largest absolute Gasteiger partial charge is 0.395 e. The van der Waals surface area contributed by atoms with Crippen molar-refractivity contribution in [2.45, 2.75) is 25.4 Å². The predicted molar refractivity (Wildman–Crippen MR) is 49.3 cm³/mol. The number of tetrazole rings is 1. The lowest BCUT2D eigenvalue weighted by Crippen LogP contribution is -2.29. The van der Waals surface area contributed by atoms with Crippen LogP contribution in [0.25, 0.3) is 0 Å². The molecule has 1 aliphatic carbocycles. The molecule has 1 N–H and O–H groups in total. The van der Waals surface area contributed by atoms with Gasteiger partial charge in [0.2, 0.25) is 0 Å². The monoisotopic (exact) mass is 197 g/mol. The third kappa shape index (κ3) is 2.27. The third-order valence-corrected chi connectivity index (χ3v) is 2.34. The van der Waals surface area contributed by atoms with Crippen LogP contribution < -0.4 is 0 Å². The van der Waals surface area contributed by atoms with E-state index in [9.17, 15) is 0 Å². The highest BCUT2D eigenvalue weighted by molar-refractivity contribution is 4.88. The molecule has 1 saturated carbocycles. The molecule has 0 aromatic carbocycles. The van der Waals surface area contributed by atoms with Crippen LogP contribution in [0.3, 0.4) is 0 Å². The Bertz CT molecular complexity index is 296. The van der Waals surface area contributed by atoms with Crippen molar-refractivity contribution in [3.8, 4) is 0 Å². The fourth-order valence-electron chi connectivity index (χ4n) is 1.53. The minimum absolute atomic E-state index is 0.191. The molecule has 1 heterocycles. The quantitative estimate of drug-likeness (QED) is 0.667. The second-order valence-corrected chi connectivity index (χ2v) is 3.62. The van der Waals surface area contributed by atoms with E-state index in [0.717, 1.165) is 5.82 Å². The van der Waals surface area contributed by atoms with Gasteiger partial charge < -0.3 is 5.11 Å². The molecule has 0 atom stereocenters. The van der Waals surface area contributed by atoms with Crippen molar-refractivity contribution in [3.63, 3.8) is 0 Å². The van der Waals surface area contributed by atoms with Crippen molar-refractivity contribution in [2.75, 3.05) is 13.2 Å². The fraction of sp³-hybridized carbons (Fsp3) is 0.875. The van der Waals surface area contributed by atoms with E-state index in [2.05, 4.69) is 20.3 Å². The lowest BCUT2D eigenvalue weighted by molar-refractivity contribution is 0.180. The molecule has 6 nitrogen and oxygen atoms in total. The number of hydrogen-bond donors (Lipinski definition) is 1. The third-order valence-electron chi connectivity index (χ3n) is 2.34. The predicted octanol–water partition coefficient (Wildman–Crippen LogP) is -0.833. The molecule has 78 valence electrons. The maximum absolute atomic E-state index is 8.89. The Morgan fingerprint density at radius 2 is 2.36 bits per heavy atom. The summed E-state index contributed by atoms with van der Waals surface area (Å²) in [6.07, 6.45) is 2.44. The van der Waals surface area contributed by atoms with Crippen molar-refractivity contribution in [3.05, 3.63) is 5.82 Å². The first-order valence-electron chi connectivity index (χ1n) is 4.87. The van der Waals surface area contributed by atoms with E-state index >= 15 is 0 Å². The van der Waals surface area contributed by atoms with Gasteiger partial charge in [-0.15, -0.1) is 10.2 Å². The van der Waals surface area contributed by atoms with Crippen LogP contribution in [0.5, 0.6) is 0 Å². The Hall–Kier alpha value is -1.01. The van der Waals surface area contributed by atoms with Gasteiger partial charge >= 0.3 is 0 Å². The Morgan fingerprint density at radius 3 is 2.86 bits per heavy atom. The van der Waals surface area contributed by atoms with Crippen LogP contribution in [0.1, 0.15) is 18.7 Å². The molecule has 0 aliphatic heterocycles. The number of aliphatic hydroxyl groups is 1. The van der Waals surface area contributed by atoms with Crippen LogP contribution in [0.2, 0.25) is 0 Å². The van der Waals surface area contributed by atoms with Crippen LogP contribution in [-0.2, 0) is 13.6 Å². The van der Waals surface area contributed by atoms with Gasteiger partial charge in [0.25, 0.3) is 0 Å². The molecular formula is C8H15N5O. The molecule has 1 aromatic heterocycles. The molecule has 2 rings (SSSR count). The number of aryl methyl sites for hydroxylation is 1. The van der Waals surface area contributed by atoms with Crippen LogP contribution in [0, 0.1) is 0 Å². The molecular weight excluding hydrogens is 182 g/mol. The van der Waals surface area contributed by atoms with E-state index < -0.39 is 0 Å². The van der Waals surface area contributed by atoms with Crippen molar-refractivity contribution in [1.82, 2.24) is 25.1 Å². The van der Waals surface area contributed by atoms with Gasteiger partial charge in [-0.3, -0.25) is 4.90 Å². The average molecular weight is 197 g/mol. The molecule has 0 amide bonds. The molecule has 0 saturated heterocycles. The minimum Gasteiger partial charge on any atom is -0.395 e. The molecule has 1 fully saturated rings. The maximum Gasteiger partial charge on any atom is 0.188 e. The number of nitrogens with zero attached hydrogens (tertiary/aromatic N) is 5. The summed E-state index contributed by atoms with van der Waals surface area (Å²) in [5.74, 6) is 0.729. The Morgan fingerprint density at radius 1 is 1.57 bits per heavy atom. The summed E-state index contributed by atoms with van der Waals surface area (Å²) >= 11 is 0. The van der Waals surface area contributed by atoms with E-state index in [1.807, 2.05) is 0 Å². The molecule has 1 aliphatic rings. The summed E-state index contributed by atoms with van der Waals surface area (Å²) in [4.78, 5) is 3.66. The summed E-state index contributed by atoms with van der Waals surface area (Å²) < 4.78 is 0. The topological polar surface area (TPSA) is 67.1 Å². The molecule has 14 heavy (non-hydrogen) atoms. The van der Waals surface area contributed by atoms with Crippen LogP contribution >= 0.6 is 0 Å². The highest BCUT2D eigenvalue weighted by Gasteiger charge is 2.29. The summed E-state index contributed by atoms with van der Waals surface area (Å²) in [5, 5.41) is 20.7. The van der Waals surface area contributed by atoms with Crippen molar-refractivity contribution in [1.29, 1.82) is 0 Å². The van der Waals surface area contributed by atoms with Crippen molar-refractivity contribution >= 4 is 0 Å². The smallest absolute Gasteiger partial charge is 0.188 e. The summed E-state index contributed by atoms with van der Waals surface area (Å²) in [5.41, 5.74) is 0. The minimum atomic E-state index is 0.191. The van der Waals surface area contributed by atoms with Gasteiger partial charge in [-0.1, -0.05) is 0 Å². The average Bonchev–Trinajstić information content (AvgIpc) is 2.91. The van der Waals surface area contributed by atoms with E-state index in [1.54, 1.807) is 7.05 Å². The summed E-state index contributed by atoms with van der Waals surface area (Å²) in [6, 6.07) is 0.617. The number of rotatable bonds is 5. The van der Waals surface area contributed by atoms with Gasteiger partial charge in [0, 0.05) is 12.6 Å². The highest BCUT2D eigenvalue weighted by atomic mass is 16.3. The molecule has 0 spiro atoms. The zero-order valence-corrected chi connectivity index (χ0v) is 8.30. The molecule has 0 radical (unpaired) electrons. The lowest BCUT2D eigenvalue weighted by atomic mass is 10.4. The number of aliphatic hydroxyl groups excluding tert-OH is 1. The van der Waals surface area contributed by atoms with Gasteiger partial charge in [-0.05, 0) is 18.1 Å². The Labute approximate surface area is 82.5 Å². The Kier molecular flexibility index (Phi) is 2.74. The van der Waals surface area contributed by atoms with E-state index in [0.29, 0.717) is 19.1 Å². The molecule has 6 heteroatoms. The fourth-order valence-corrected chi connectivity index (χ4v) is 1.53. The van der Waals surface area contributed by atoms with Gasteiger partial charge in [-0.2, -0.15) is 4.80 Å². The second kappa shape index (κ2) is 4.02. The standard InChI is InChI=1S/C8H15N5O/c1-12-10-8(9-11-12)6-13(4-5-14)7-2-3-7/h7,14H,2-6H2,1H3. The highest BCUT2D eigenvalue weighted by Crippen LogP contribution is 2.27. The Balaban J connectivity index is 1.92. The number of hydrogen-bond acceptors (Lipinski definition) is 5. The molecule has 1 aromatic rings. The van der Waals surface area contributed by atoms with Crippen LogP contribution in [0.4, 0.5) is 0 Å². The van der Waals surface area contributed by atoms with Crippen LogP contribution in [0.15, 0.2) is 0 Å². The molecule has 0 unspecified atom stereocenters. The van der Waals surface area contributed by atoms with E-state index in [4.69, 9.17) is 5.11 Å². The van der Waals surface area contributed by atoms with Crippen molar-refractivity contribution in [2.24, 2.45) is 7.05 Å². The van der Waals surface area contributed by atoms with Gasteiger partial charge in [0.05, 0.1) is 20.2 Å². The van der Waals surface area contributed by atoms with E-state index in [-0.39, 0.29) is 6.61 Å². The van der Waals surface area contributed by atoms with Gasteiger partial charge in [-0.25, -0.2) is 0 Å². The zero-order valence-electron chi connectivity index (χ0n) is 8.30. The normalized spacial score (nSPS) is 16.5. The first-order chi connectivity index (χ1) is 6.79. The van der Waals surface area contributed by atoms with Crippen molar-refractivity contribution < 1.29 is 5.11 Å². The first kappa shape index (κ1) is 9.54. The summed E-state index contributed by atoms with van der Waals surface area (Å²) in [6.45, 7) is 1.58. The van der Waals surface area contributed by atoms with Crippen LogP contribution in [-0.4, -0.2) is 49.4 Å². The first-order valence-corrected chi connectivity index (χ1v) is 4.87. The van der Waals surface area contributed by atoms with Gasteiger partial charge in [0.1, 0.15) is 0 Å². The van der Waals surface area contributed by atoms with Gasteiger partial charge in [0.15, 0.2) is 5.82 Å². The molecule has 0 bridgehead atoms.